The van der Waals surface area contributed by atoms with Crippen LogP contribution in [0, 0.1) is 0 Å². The van der Waals surface area contributed by atoms with Gasteiger partial charge in [0.2, 0.25) is 0 Å². The van der Waals surface area contributed by atoms with Gasteiger partial charge in [-0.25, -0.2) is 5.84 Å². The van der Waals surface area contributed by atoms with Crippen molar-refractivity contribution in [1.82, 2.24) is 5.43 Å². The Hall–Kier alpha value is -1.96. The highest BCUT2D eigenvalue weighted by molar-refractivity contribution is 5.93. The predicted octanol–water partition coefficient (Wildman–Crippen LogP) is -0.841. The average Bonchev–Trinajstić information content (AvgIpc) is 2.36. The number of nitrogen functional groups attached to an aromatic ring is 1. The molecule has 18 heavy (non-hydrogen) atoms. The molecule has 6 N–H and O–H groups in total. The second-order valence-corrected chi connectivity index (χ2v) is 3.71. The van der Waals surface area contributed by atoms with Gasteiger partial charge in [0.15, 0.2) is 0 Å². The van der Waals surface area contributed by atoms with Gasteiger partial charge in [0.05, 0.1) is 12.5 Å². The number of nitrogens with one attached hydrogen (secondary N) is 1. The van der Waals surface area contributed by atoms with Crippen LogP contribution in [0.4, 0.5) is 0 Å². The van der Waals surface area contributed by atoms with Crippen LogP contribution < -0.4 is 11.3 Å². The van der Waals surface area contributed by atoms with Gasteiger partial charge in [0.25, 0.3) is 5.91 Å². The van der Waals surface area contributed by atoms with Gasteiger partial charge in [0.1, 0.15) is 6.10 Å². The van der Waals surface area contributed by atoms with E-state index < -0.39 is 30.5 Å². The molecular weight excluding hydrogens is 240 g/mol. The van der Waals surface area contributed by atoms with Crippen molar-refractivity contribution in [3.8, 4) is 0 Å². The number of amides is 1. The first kappa shape index (κ1) is 14.1. The number of carbonyl (C=O) groups is 2. The van der Waals surface area contributed by atoms with Crippen LogP contribution in [0.25, 0.3) is 0 Å². The molecule has 0 aliphatic carbocycles. The molecule has 0 aliphatic rings. The van der Waals surface area contributed by atoms with Crippen LogP contribution >= 0.6 is 0 Å². The van der Waals surface area contributed by atoms with E-state index in [4.69, 9.17) is 10.9 Å². The molecule has 1 aromatic carbocycles. The fourth-order valence-corrected chi connectivity index (χ4v) is 1.43. The lowest BCUT2D eigenvalue weighted by atomic mass is 10.0. The predicted molar refractivity (Wildman–Crippen MR) is 61.3 cm³/mol. The van der Waals surface area contributed by atoms with Crippen LogP contribution in [-0.2, 0) is 4.79 Å². The lowest BCUT2D eigenvalue weighted by Crippen LogP contribution is -2.30. The fourth-order valence-electron chi connectivity index (χ4n) is 1.43. The SMILES string of the molecule is NNC(=O)c1ccc(C(O)C(O)CC(=O)O)cc1. The summed E-state index contributed by atoms with van der Waals surface area (Å²) in [5, 5.41) is 27.6. The summed E-state index contributed by atoms with van der Waals surface area (Å²) in [7, 11) is 0. The van der Waals surface area contributed by atoms with Crippen molar-refractivity contribution in [1.29, 1.82) is 0 Å². The molecule has 0 bridgehead atoms. The van der Waals surface area contributed by atoms with Crippen molar-refractivity contribution in [2.45, 2.75) is 18.6 Å². The molecule has 0 saturated carbocycles. The summed E-state index contributed by atoms with van der Waals surface area (Å²) in [5.74, 6) is 3.26. The third-order valence-corrected chi connectivity index (χ3v) is 2.39. The summed E-state index contributed by atoms with van der Waals surface area (Å²) in [5.41, 5.74) is 2.56. The Morgan fingerprint density at radius 2 is 1.78 bits per heavy atom. The molecule has 0 aliphatic heterocycles. The van der Waals surface area contributed by atoms with Gasteiger partial charge < -0.3 is 15.3 Å². The van der Waals surface area contributed by atoms with E-state index in [2.05, 4.69) is 0 Å². The minimum Gasteiger partial charge on any atom is -0.481 e. The van der Waals surface area contributed by atoms with Crippen LogP contribution in [0.1, 0.15) is 28.4 Å². The second kappa shape index (κ2) is 6.10. The van der Waals surface area contributed by atoms with E-state index in [0.717, 1.165) is 0 Å². The molecule has 2 atom stereocenters. The number of rotatable bonds is 5. The first-order chi connectivity index (χ1) is 8.45. The number of carboxylic acid groups (broad SMARTS) is 1. The topological polar surface area (TPSA) is 133 Å². The van der Waals surface area contributed by atoms with Gasteiger partial charge in [-0.15, -0.1) is 0 Å². The molecule has 1 aromatic rings. The minimum absolute atomic E-state index is 0.293. The van der Waals surface area contributed by atoms with Crippen LogP contribution in [0.5, 0.6) is 0 Å². The molecule has 0 fully saturated rings. The second-order valence-electron chi connectivity index (χ2n) is 3.71. The number of benzene rings is 1. The number of aliphatic hydroxyl groups is 2. The maximum Gasteiger partial charge on any atom is 0.306 e. The number of aliphatic hydroxyl groups excluding tert-OH is 2. The Balaban J connectivity index is 2.78. The summed E-state index contributed by atoms with van der Waals surface area (Å²) in [4.78, 5) is 21.5. The Labute approximate surface area is 103 Å². The van der Waals surface area contributed by atoms with E-state index in [1.165, 1.54) is 24.3 Å². The molecule has 7 nitrogen and oxygen atoms in total. The molecule has 1 rings (SSSR count). The molecule has 98 valence electrons. The first-order valence-electron chi connectivity index (χ1n) is 5.14. The van der Waals surface area contributed by atoms with E-state index in [9.17, 15) is 19.8 Å². The zero-order valence-corrected chi connectivity index (χ0v) is 9.41. The van der Waals surface area contributed by atoms with E-state index in [1.807, 2.05) is 5.43 Å². The highest BCUT2D eigenvalue weighted by Gasteiger charge is 2.21. The number of nitrogens with two attached hydrogens (primary N) is 1. The zero-order valence-electron chi connectivity index (χ0n) is 9.41. The quantitative estimate of drug-likeness (QED) is 0.264. The van der Waals surface area contributed by atoms with E-state index >= 15 is 0 Å². The summed E-state index contributed by atoms with van der Waals surface area (Å²) in [6.45, 7) is 0. The number of hydrazine groups is 1. The highest BCUT2D eigenvalue weighted by atomic mass is 16.4. The third kappa shape index (κ3) is 3.52. The molecule has 0 aromatic heterocycles. The Kier molecular flexibility index (Phi) is 4.78. The van der Waals surface area contributed by atoms with Crippen LogP contribution in [0.2, 0.25) is 0 Å². The zero-order chi connectivity index (χ0) is 13.7. The molecule has 0 heterocycles. The number of carbonyl (C=O) groups excluding carboxylic acids is 1. The van der Waals surface area contributed by atoms with Gasteiger partial charge in [-0.2, -0.15) is 0 Å². The van der Waals surface area contributed by atoms with Crippen LogP contribution in [0.3, 0.4) is 0 Å². The van der Waals surface area contributed by atoms with Crippen molar-refractivity contribution in [3.63, 3.8) is 0 Å². The molecule has 2 unspecified atom stereocenters. The van der Waals surface area contributed by atoms with E-state index in [0.29, 0.717) is 11.1 Å². The van der Waals surface area contributed by atoms with E-state index in [-0.39, 0.29) is 0 Å². The van der Waals surface area contributed by atoms with Gasteiger partial charge in [-0.05, 0) is 17.7 Å². The van der Waals surface area contributed by atoms with Crippen molar-refractivity contribution < 1.29 is 24.9 Å². The van der Waals surface area contributed by atoms with Gasteiger partial charge in [-0.3, -0.25) is 15.0 Å². The number of carboxylic acids is 1. The summed E-state index contributed by atoms with van der Waals surface area (Å²) >= 11 is 0. The molecule has 0 saturated heterocycles. The lowest BCUT2D eigenvalue weighted by molar-refractivity contribution is -0.141. The highest BCUT2D eigenvalue weighted by Crippen LogP contribution is 2.19. The Morgan fingerprint density at radius 3 is 2.22 bits per heavy atom. The monoisotopic (exact) mass is 254 g/mol. The summed E-state index contributed by atoms with van der Waals surface area (Å²) in [6, 6.07) is 5.66. The number of hydrogen-bond acceptors (Lipinski definition) is 5. The average molecular weight is 254 g/mol. The van der Waals surface area contributed by atoms with Crippen molar-refractivity contribution in [2.24, 2.45) is 5.84 Å². The Morgan fingerprint density at radius 1 is 1.22 bits per heavy atom. The maximum atomic E-state index is 11.1. The lowest BCUT2D eigenvalue weighted by Gasteiger charge is -2.16. The van der Waals surface area contributed by atoms with Gasteiger partial charge in [-0.1, -0.05) is 12.1 Å². The molecule has 7 heteroatoms. The van der Waals surface area contributed by atoms with Crippen molar-refractivity contribution in [2.75, 3.05) is 0 Å². The standard InChI is InChI=1S/C11H14N2O5/c12-13-11(18)7-3-1-6(2-4-7)10(17)8(14)5-9(15)16/h1-4,8,10,14,17H,5,12H2,(H,13,18)(H,15,16). The van der Waals surface area contributed by atoms with Crippen molar-refractivity contribution in [3.05, 3.63) is 35.4 Å². The van der Waals surface area contributed by atoms with Gasteiger partial charge in [0, 0.05) is 5.56 Å². The largest absolute Gasteiger partial charge is 0.481 e. The molecule has 0 radical (unpaired) electrons. The van der Waals surface area contributed by atoms with Crippen LogP contribution in [0.15, 0.2) is 24.3 Å². The minimum atomic E-state index is -1.41. The normalized spacial score (nSPS) is 13.7. The number of aliphatic carboxylic acids is 1. The molecule has 0 spiro atoms. The smallest absolute Gasteiger partial charge is 0.306 e. The third-order valence-electron chi connectivity index (χ3n) is 2.39. The Bertz CT molecular complexity index is 432. The summed E-state index contributed by atoms with van der Waals surface area (Å²) < 4.78 is 0. The fraction of sp³-hybridized carbons (Fsp3) is 0.273. The van der Waals surface area contributed by atoms with Crippen molar-refractivity contribution >= 4 is 11.9 Å². The molecule has 1 amide bonds. The van der Waals surface area contributed by atoms with Crippen LogP contribution in [-0.4, -0.2) is 33.3 Å². The summed E-state index contributed by atoms with van der Waals surface area (Å²) in [6.07, 6.45) is -3.29. The molecular formula is C11H14N2O5. The first-order valence-corrected chi connectivity index (χ1v) is 5.14. The number of hydrogen-bond donors (Lipinski definition) is 5. The maximum absolute atomic E-state index is 11.1. The van der Waals surface area contributed by atoms with E-state index in [1.54, 1.807) is 0 Å². The van der Waals surface area contributed by atoms with Gasteiger partial charge >= 0.3 is 5.97 Å².